The zero-order valence-electron chi connectivity index (χ0n) is 14.5. The molecule has 1 aromatic rings. The van der Waals surface area contributed by atoms with E-state index >= 15 is 0 Å². The SMILES string of the molecule is CCC(=O)c1ccc2c(c1)N(CC(=O)NCC(OC)OC)C(=O)CO2. The number of hydrogen-bond donors (Lipinski definition) is 1. The Morgan fingerprint density at radius 3 is 2.68 bits per heavy atom. The van der Waals surface area contributed by atoms with Crippen molar-refractivity contribution in [2.45, 2.75) is 19.6 Å². The van der Waals surface area contributed by atoms with Gasteiger partial charge in [0.25, 0.3) is 5.91 Å². The quantitative estimate of drug-likeness (QED) is 0.549. The van der Waals surface area contributed by atoms with Gasteiger partial charge in [-0.15, -0.1) is 0 Å². The monoisotopic (exact) mass is 350 g/mol. The van der Waals surface area contributed by atoms with Crippen LogP contribution in [0.1, 0.15) is 23.7 Å². The number of nitrogens with one attached hydrogen (secondary N) is 1. The van der Waals surface area contributed by atoms with Crippen molar-refractivity contribution in [2.75, 3.05) is 38.8 Å². The van der Waals surface area contributed by atoms with Gasteiger partial charge in [-0.2, -0.15) is 0 Å². The molecule has 0 bridgehead atoms. The van der Waals surface area contributed by atoms with Crippen molar-refractivity contribution in [2.24, 2.45) is 0 Å². The highest BCUT2D eigenvalue weighted by molar-refractivity contribution is 6.04. The van der Waals surface area contributed by atoms with Crippen LogP contribution in [0.4, 0.5) is 5.69 Å². The first-order chi connectivity index (χ1) is 12.0. The molecule has 8 heteroatoms. The Hall–Kier alpha value is -2.45. The van der Waals surface area contributed by atoms with E-state index in [1.807, 2.05) is 0 Å². The lowest BCUT2D eigenvalue weighted by Crippen LogP contribution is -2.46. The van der Waals surface area contributed by atoms with E-state index in [1.165, 1.54) is 19.1 Å². The second-order valence-corrected chi connectivity index (χ2v) is 5.43. The van der Waals surface area contributed by atoms with Gasteiger partial charge in [-0.3, -0.25) is 19.3 Å². The van der Waals surface area contributed by atoms with E-state index in [2.05, 4.69) is 5.32 Å². The van der Waals surface area contributed by atoms with E-state index in [0.717, 1.165) is 0 Å². The zero-order valence-corrected chi connectivity index (χ0v) is 14.5. The number of carbonyl (C=O) groups excluding carboxylic acids is 3. The maximum Gasteiger partial charge on any atom is 0.265 e. The number of nitrogens with zero attached hydrogens (tertiary/aromatic N) is 1. The molecule has 1 N–H and O–H groups in total. The summed E-state index contributed by atoms with van der Waals surface area (Å²) in [4.78, 5) is 37.6. The maximum atomic E-state index is 12.2. The molecule has 0 atom stereocenters. The number of benzene rings is 1. The lowest BCUT2D eigenvalue weighted by Gasteiger charge is -2.29. The lowest BCUT2D eigenvalue weighted by molar-refractivity contribution is -0.128. The van der Waals surface area contributed by atoms with Crippen LogP contribution < -0.4 is 15.0 Å². The lowest BCUT2D eigenvalue weighted by atomic mass is 10.1. The van der Waals surface area contributed by atoms with E-state index < -0.39 is 6.29 Å². The number of fused-ring (bicyclic) bond motifs is 1. The summed E-state index contributed by atoms with van der Waals surface area (Å²) < 4.78 is 15.4. The van der Waals surface area contributed by atoms with E-state index in [1.54, 1.807) is 25.1 Å². The van der Waals surface area contributed by atoms with Gasteiger partial charge in [0, 0.05) is 26.2 Å². The molecule has 0 saturated heterocycles. The number of anilines is 1. The van der Waals surface area contributed by atoms with Crippen molar-refractivity contribution in [3.8, 4) is 5.75 Å². The van der Waals surface area contributed by atoms with Gasteiger partial charge in [-0.1, -0.05) is 6.92 Å². The fraction of sp³-hybridized carbons (Fsp3) is 0.471. The molecule has 0 spiro atoms. The summed E-state index contributed by atoms with van der Waals surface area (Å²) in [5.74, 6) is -0.300. The van der Waals surface area contributed by atoms with Gasteiger partial charge in [0.1, 0.15) is 12.3 Å². The van der Waals surface area contributed by atoms with Crippen LogP contribution in [0.15, 0.2) is 18.2 Å². The number of amides is 2. The van der Waals surface area contributed by atoms with Crippen molar-refractivity contribution in [3.05, 3.63) is 23.8 Å². The molecule has 0 aliphatic carbocycles. The number of carbonyl (C=O) groups is 3. The second kappa shape index (κ2) is 8.59. The molecule has 1 aliphatic heterocycles. The Labute approximate surface area is 146 Å². The molecule has 8 nitrogen and oxygen atoms in total. The minimum absolute atomic E-state index is 0.0479. The molecule has 1 aliphatic rings. The summed E-state index contributed by atoms with van der Waals surface area (Å²) in [5, 5.41) is 2.64. The Morgan fingerprint density at radius 2 is 2.04 bits per heavy atom. The molecule has 0 saturated carbocycles. The molecule has 1 heterocycles. The van der Waals surface area contributed by atoms with Gasteiger partial charge in [0.15, 0.2) is 18.7 Å². The van der Waals surface area contributed by atoms with Crippen LogP contribution in [0.3, 0.4) is 0 Å². The number of methoxy groups -OCH3 is 2. The van der Waals surface area contributed by atoms with Crippen LogP contribution in [-0.2, 0) is 19.1 Å². The molecule has 2 amide bonds. The van der Waals surface area contributed by atoms with Crippen LogP contribution in [-0.4, -0.2) is 57.8 Å². The smallest absolute Gasteiger partial charge is 0.265 e. The molecular formula is C17H22N2O6. The number of Topliss-reactive ketones (excluding diaryl/α,β-unsaturated/α-hetero) is 1. The van der Waals surface area contributed by atoms with Gasteiger partial charge >= 0.3 is 0 Å². The van der Waals surface area contributed by atoms with E-state index in [0.29, 0.717) is 23.4 Å². The van der Waals surface area contributed by atoms with E-state index in [4.69, 9.17) is 14.2 Å². The summed E-state index contributed by atoms with van der Waals surface area (Å²) >= 11 is 0. The Morgan fingerprint density at radius 1 is 1.32 bits per heavy atom. The van der Waals surface area contributed by atoms with Gasteiger partial charge in [0.2, 0.25) is 5.91 Å². The van der Waals surface area contributed by atoms with Crippen molar-refractivity contribution in [1.29, 1.82) is 0 Å². The highest BCUT2D eigenvalue weighted by Gasteiger charge is 2.28. The highest BCUT2D eigenvalue weighted by atomic mass is 16.7. The fourth-order valence-corrected chi connectivity index (χ4v) is 2.41. The molecule has 1 aromatic carbocycles. The van der Waals surface area contributed by atoms with Crippen LogP contribution >= 0.6 is 0 Å². The predicted octanol–water partition coefficient (Wildman–Crippen LogP) is 0.740. The van der Waals surface area contributed by atoms with Crippen LogP contribution in [0.5, 0.6) is 5.75 Å². The van der Waals surface area contributed by atoms with Crippen molar-refractivity contribution < 1.29 is 28.6 Å². The minimum atomic E-state index is -0.564. The molecule has 0 aromatic heterocycles. The third-order valence-corrected chi connectivity index (χ3v) is 3.84. The fourth-order valence-electron chi connectivity index (χ4n) is 2.41. The molecule has 0 unspecified atom stereocenters. The largest absolute Gasteiger partial charge is 0.482 e. The van der Waals surface area contributed by atoms with Crippen LogP contribution in [0.25, 0.3) is 0 Å². The number of hydrogen-bond acceptors (Lipinski definition) is 6. The molecule has 0 fully saturated rings. The molecular weight excluding hydrogens is 328 g/mol. The summed E-state index contributed by atoms with van der Waals surface area (Å²) in [6.07, 6.45) is -0.214. The first-order valence-corrected chi connectivity index (χ1v) is 7.92. The first-order valence-electron chi connectivity index (χ1n) is 7.92. The Bertz CT molecular complexity index is 657. The second-order valence-electron chi connectivity index (χ2n) is 5.43. The van der Waals surface area contributed by atoms with Gasteiger partial charge in [-0.25, -0.2) is 0 Å². The van der Waals surface area contributed by atoms with E-state index in [9.17, 15) is 14.4 Å². The number of rotatable bonds is 8. The van der Waals surface area contributed by atoms with Crippen molar-refractivity contribution in [3.63, 3.8) is 0 Å². The summed E-state index contributed by atoms with van der Waals surface area (Å²) in [5.41, 5.74) is 0.893. The maximum absolute atomic E-state index is 12.2. The first kappa shape index (κ1) is 18.9. The Kier molecular flexibility index (Phi) is 6.49. The van der Waals surface area contributed by atoms with Crippen molar-refractivity contribution >= 4 is 23.3 Å². The van der Waals surface area contributed by atoms with Gasteiger partial charge < -0.3 is 19.5 Å². The molecule has 0 radical (unpaired) electrons. The standard InChI is InChI=1S/C17H22N2O6/c1-4-13(20)11-5-6-14-12(7-11)19(16(22)10-25-14)9-15(21)18-8-17(23-2)24-3/h5-7,17H,4,8-10H2,1-3H3,(H,18,21). The average molecular weight is 350 g/mol. The van der Waals surface area contributed by atoms with Gasteiger partial charge in [-0.05, 0) is 18.2 Å². The summed E-state index contributed by atoms with van der Waals surface area (Å²) in [6, 6.07) is 4.88. The third-order valence-electron chi connectivity index (χ3n) is 3.84. The van der Waals surface area contributed by atoms with E-state index in [-0.39, 0.29) is 37.3 Å². The number of ether oxygens (including phenoxy) is 3. The van der Waals surface area contributed by atoms with Crippen LogP contribution in [0.2, 0.25) is 0 Å². The average Bonchev–Trinajstić information content (AvgIpc) is 2.63. The highest BCUT2D eigenvalue weighted by Crippen LogP contribution is 2.33. The third kappa shape index (κ3) is 4.55. The number of ketones is 1. The Balaban J connectivity index is 2.14. The minimum Gasteiger partial charge on any atom is -0.482 e. The normalized spacial score (nSPS) is 13.4. The molecule has 2 rings (SSSR count). The predicted molar refractivity (Wildman–Crippen MR) is 89.7 cm³/mol. The van der Waals surface area contributed by atoms with Crippen LogP contribution in [0, 0.1) is 0 Å². The van der Waals surface area contributed by atoms with Crippen molar-refractivity contribution in [1.82, 2.24) is 5.32 Å². The molecule has 136 valence electrons. The zero-order chi connectivity index (χ0) is 18.4. The summed E-state index contributed by atoms with van der Waals surface area (Å²) in [7, 11) is 2.93. The van der Waals surface area contributed by atoms with Gasteiger partial charge in [0.05, 0.1) is 12.2 Å². The molecule has 25 heavy (non-hydrogen) atoms. The topological polar surface area (TPSA) is 94.2 Å². The summed E-state index contributed by atoms with van der Waals surface area (Å²) in [6.45, 7) is 1.58.